The summed E-state index contributed by atoms with van der Waals surface area (Å²) in [6.07, 6.45) is 3.46. The third-order valence-corrected chi connectivity index (χ3v) is 5.52. The van der Waals surface area contributed by atoms with Crippen molar-refractivity contribution in [2.24, 2.45) is 0 Å². The first-order valence-corrected chi connectivity index (χ1v) is 10.1. The van der Waals surface area contributed by atoms with Gasteiger partial charge in [0.2, 0.25) is 0 Å². The Kier molecular flexibility index (Phi) is 5.10. The summed E-state index contributed by atoms with van der Waals surface area (Å²) in [5.74, 6) is -0.173. The van der Waals surface area contributed by atoms with Crippen molar-refractivity contribution in [1.29, 1.82) is 0 Å². The molecule has 0 spiro atoms. The smallest absolute Gasteiger partial charge is 0.253 e. The van der Waals surface area contributed by atoms with Crippen molar-refractivity contribution in [2.45, 2.75) is 25.1 Å². The summed E-state index contributed by atoms with van der Waals surface area (Å²) in [5, 5.41) is 21.9. The van der Waals surface area contributed by atoms with Gasteiger partial charge in [-0.25, -0.2) is 18.3 Å². The summed E-state index contributed by atoms with van der Waals surface area (Å²) in [5.41, 5.74) is 2.15. The molecule has 0 aliphatic carbocycles. The van der Waals surface area contributed by atoms with E-state index < -0.39 is 23.6 Å². The molecule has 0 amide bonds. The molecule has 5 rings (SSSR count). The molecular weight excluding hydrogens is 420 g/mol. The van der Waals surface area contributed by atoms with Crippen molar-refractivity contribution in [3.05, 3.63) is 70.2 Å². The van der Waals surface area contributed by atoms with Gasteiger partial charge in [-0.05, 0) is 36.2 Å². The van der Waals surface area contributed by atoms with Crippen LogP contribution in [0.4, 0.5) is 14.6 Å². The summed E-state index contributed by atoms with van der Waals surface area (Å²) < 4.78 is 29.8. The minimum absolute atomic E-state index is 0.0133. The Morgan fingerprint density at radius 1 is 1.25 bits per heavy atom. The van der Waals surface area contributed by atoms with E-state index in [1.165, 1.54) is 0 Å². The van der Waals surface area contributed by atoms with Gasteiger partial charge in [0.25, 0.3) is 5.56 Å². The van der Waals surface area contributed by atoms with Crippen molar-refractivity contribution in [3.63, 3.8) is 0 Å². The van der Waals surface area contributed by atoms with Gasteiger partial charge in [-0.15, -0.1) is 10.2 Å². The number of pyridine rings is 1. The first-order valence-electron chi connectivity index (χ1n) is 10.1. The SMILES string of the molecule is O=c1[nH]cc(F)cc1[C@H]1C[C@H](F)CN1c1ccc2ncc(-c3cc(CCO)cnn3)n2n1. The molecular formula is C21H19F2N7O2. The molecule has 5 heterocycles. The number of aliphatic hydroxyl groups excluding tert-OH is 1. The predicted molar refractivity (Wildman–Crippen MR) is 111 cm³/mol. The number of aromatic nitrogens is 6. The number of hydrogen-bond acceptors (Lipinski definition) is 7. The lowest BCUT2D eigenvalue weighted by molar-refractivity contribution is 0.299. The highest BCUT2D eigenvalue weighted by Gasteiger charge is 2.36. The van der Waals surface area contributed by atoms with Crippen LogP contribution in [0.3, 0.4) is 0 Å². The highest BCUT2D eigenvalue weighted by atomic mass is 19.1. The topological polar surface area (TPSA) is 112 Å². The zero-order chi connectivity index (χ0) is 22.2. The Bertz CT molecular complexity index is 1340. The number of rotatable bonds is 5. The van der Waals surface area contributed by atoms with Crippen molar-refractivity contribution in [3.8, 4) is 11.4 Å². The average molecular weight is 439 g/mol. The second-order valence-electron chi connectivity index (χ2n) is 7.63. The lowest BCUT2D eigenvalue weighted by atomic mass is 10.1. The summed E-state index contributed by atoms with van der Waals surface area (Å²) in [7, 11) is 0. The van der Waals surface area contributed by atoms with Gasteiger partial charge in [0.1, 0.15) is 29.2 Å². The van der Waals surface area contributed by atoms with Crippen molar-refractivity contribution in [1.82, 2.24) is 29.8 Å². The number of H-pyrrole nitrogens is 1. The summed E-state index contributed by atoms with van der Waals surface area (Å²) in [6.45, 7) is 0.00951. The van der Waals surface area contributed by atoms with Crippen LogP contribution in [0.2, 0.25) is 0 Å². The van der Waals surface area contributed by atoms with E-state index in [1.807, 2.05) is 0 Å². The van der Waals surface area contributed by atoms with Crippen LogP contribution in [0, 0.1) is 5.82 Å². The van der Waals surface area contributed by atoms with Gasteiger partial charge < -0.3 is 15.0 Å². The zero-order valence-corrected chi connectivity index (χ0v) is 16.8. The molecule has 1 aliphatic rings. The molecule has 0 bridgehead atoms. The van der Waals surface area contributed by atoms with Gasteiger partial charge in [-0.3, -0.25) is 4.79 Å². The van der Waals surface area contributed by atoms with Crippen LogP contribution in [-0.2, 0) is 6.42 Å². The molecule has 32 heavy (non-hydrogen) atoms. The van der Waals surface area contributed by atoms with E-state index in [4.69, 9.17) is 0 Å². The number of aliphatic hydroxyl groups is 1. The first-order chi connectivity index (χ1) is 15.5. The monoisotopic (exact) mass is 439 g/mol. The van der Waals surface area contributed by atoms with Gasteiger partial charge in [-0.2, -0.15) is 5.10 Å². The van der Waals surface area contributed by atoms with Crippen LogP contribution in [0.1, 0.15) is 23.6 Å². The fourth-order valence-corrected chi connectivity index (χ4v) is 4.04. The van der Waals surface area contributed by atoms with E-state index in [9.17, 15) is 18.7 Å². The number of fused-ring (bicyclic) bond motifs is 1. The Labute approximate surface area is 180 Å². The number of anilines is 1. The number of aromatic amines is 1. The minimum Gasteiger partial charge on any atom is -0.396 e. The van der Waals surface area contributed by atoms with Crippen LogP contribution in [-0.4, -0.2) is 54.2 Å². The fraction of sp³-hybridized carbons (Fsp3) is 0.286. The van der Waals surface area contributed by atoms with Gasteiger partial charge in [0.15, 0.2) is 5.65 Å². The molecule has 4 aromatic heterocycles. The molecule has 11 heteroatoms. The van der Waals surface area contributed by atoms with E-state index in [2.05, 4.69) is 25.3 Å². The summed E-state index contributed by atoms with van der Waals surface area (Å²) in [4.78, 5) is 20.7. The minimum atomic E-state index is -1.19. The van der Waals surface area contributed by atoms with E-state index in [0.717, 1.165) is 17.8 Å². The lowest BCUT2D eigenvalue weighted by Gasteiger charge is -2.25. The van der Waals surface area contributed by atoms with Crippen molar-refractivity contribution < 1.29 is 13.9 Å². The maximum Gasteiger partial charge on any atom is 0.253 e. The number of hydrogen-bond donors (Lipinski definition) is 2. The molecule has 164 valence electrons. The molecule has 1 saturated heterocycles. The number of halogens is 2. The fourth-order valence-electron chi connectivity index (χ4n) is 4.04. The number of alkyl halides is 1. The summed E-state index contributed by atoms with van der Waals surface area (Å²) in [6, 6.07) is 5.70. The number of nitrogens with zero attached hydrogens (tertiary/aromatic N) is 6. The molecule has 0 aromatic carbocycles. The second-order valence-corrected chi connectivity index (χ2v) is 7.63. The van der Waals surface area contributed by atoms with E-state index in [1.54, 1.807) is 40.0 Å². The highest BCUT2D eigenvalue weighted by molar-refractivity contribution is 5.61. The van der Waals surface area contributed by atoms with Crippen LogP contribution in [0.25, 0.3) is 17.0 Å². The third kappa shape index (κ3) is 3.60. The number of imidazole rings is 1. The Morgan fingerprint density at radius 3 is 2.97 bits per heavy atom. The molecule has 0 saturated carbocycles. The second kappa shape index (κ2) is 8.08. The maximum atomic E-state index is 14.4. The zero-order valence-electron chi connectivity index (χ0n) is 16.8. The highest BCUT2D eigenvalue weighted by Crippen LogP contribution is 2.35. The third-order valence-electron chi connectivity index (χ3n) is 5.52. The Morgan fingerprint density at radius 2 is 2.12 bits per heavy atom. The Balaban J connectivity index is 1.57. The van der Waals surface area contributed by atoms with Gasteiger partial charge in [0.05, 0.1) is 25.0 Å². The molecule has 2 N–H and O–H groups in total. The van der Waals surface area contributed by atoms with Gasteiger partial charge >= 0.3 is 0 Å². The number of nitrogens with one attached hydrogen (secondary N) is 1. The molecule has 9 nitrogen and oxygen atoms in total. The maximum absolute atomic E-state index is 14.4. The van der Waals surface area contributed by atoms with Crippen LogP contribution >= 0.6 is 0 Å². The Hall–Kier alpha value is -3.73. The van der Waals surface area contributed by atoms with Crippen LogP contribution in [0.15, 0.2) is 47.7 Å². The van der Waals surface area contributed by atoms with Crippen LogP contribution < -0.4 is 10.5 Å². The van der Waals surface area contributed by atoms with Gasteiger partial charge in [0, 0.05) is 24.8 Å². The lowest BCUT2D eigenvalue weighted by Crippen LogP contribution is -2.29. The summed E-state index contributed by atoms with van der Waals surface area (Å²) >= 11 is 0. The molecule has 0 unspecified atom stereocenters. The molecule has 4 aromatic rings. The first kappa shape index (κ1) is 20.2. The standard InChI is InChI=1S/C21H19F2N7O2/c22-13-6-15(21(32)25-9-13)17-7-14(23)11-29(17)20-2-1-19-24-10-18(30(19)28-20)16-5-12(3-4-31)8-26-27-16/h1-2,5-6,8-10,14,17,31H,3-4,7,11H2,(H,25,32)/t14-,17+/m0/s1. The van der Waals surface area contributed by atoms with E-state index in [0.29, 0.717) is 29.3 Å². The molecule has 1 fully saturated rings. The molecule has 0 radical (unpaired) electrons. The average Bonchev–Trinajstić information content (AvgIpc) is 3.39. The van der Waals surface area contributed by atoms with Crippen molar-refractivity contribution in [2.75, 3.05) is 18.1 Å². The predicted octanol–water partition coefficient (Wildman–Crippen LogP) is 1.84. The quantitative estimate of drug-likeness (QED) is 0.488. The largest absolute Gasteiger partial charge is 0.396 e. The van der Waals surface area contributed by atoms with E-state index in [-0.39, 0.29) is 25.1 Å². The van der Waals surface area contributed by atoms with Crippen LogP contribution in [0.5, 0.6) is 0 Å². The normalized spacial score (nSPS) is 18.5. The molecule has 2 atom stereocenters. The van der Waals surface area contributed by atoms with Crippen molar-refractivity contribution >= 4 is 11.5 Å². The molecule has 1 aliphatic heterocycles. The van der Waals surface area contributed by atoms with E-state index >= 15 is 0 Å². The van der Waals surface area contributed by atoms with Gasteiger partial charge in [-0.1, -0.05) is 0 Å².